The number of hydrogen-bond donors (Lipinski definition) is 2. The van der Waals surface area contributed by atoms with Crippen molar-refractivity contribution in [3.05, 3.63) is 80.9 Å². The number of rotatable bonds is 5. The minimum absolute atomic E-state index is 0.0405. The Morgan fingerprint density at radius 1 is 1.21 bits per heavy atom. The number of nitrogens with zero attached hydrogens (tertiary/aromatic N) is 4. The van der Waals surface area contributed by atoms with E-state index in [1.54, 1.807) is 17.3 Å². The fourth-order valence-corrected chi connectivity index (χ4v) is 3.74. The van der Waals surface area contributed by atoms with Gasteiger partial charge in [0.2, 0.25) is 5.91 Å². The van der Waals surface area contributed by atoms with Gasteiger partial charge >= 0.3 is 5.69 Å². The van der Waals surface area contributed by atoms with Crippen LogP contribution in [-0.4, -0.2) is 48.4 Å². The van der Waals surface area contributed by atoms with E-state index in [1.165, 1.54) is 6.20 Å². The van der Waals surface area contributed by atoms with Crippen molar-refractivity contribution in [3.63, 3.8) is 0 Å². The van der Waals surface area contributed by atoms with Crippen LogP contribution in [0.4, 0.5) is 0 Å². The topological polar surface area (TPSA) is 117 Å². The summed E-state index contributed by atoms with van der Waals surface area (Å²) in [6.07, 6.45) is 8.56. The van der Waals surface area contributed by atoms with Crippen LogP contribution in [0.1, 0.15) is 35.8 Å². The van der Waals surface area contributed by atoms with Gasteiger partial charge in [0, 0.05) is 49.4 Å². The molecule has 1 atom stereocenters. The number of carbonyl (C=O) groups is 1. The summed E-state index contributed by atoms with van der Waals surface area (Å²) in [5, 5.41) is 0. The predicted molar refractivity (Wildman–Crippen MR) is 106 cm³/mol. The molecule has 29 heavy (non-hydrogen) atoms. The van der Waals surface area contributed by atoms with Gasteiger partial charge in [0.15, 0.2) is 0 Å². The molecule has 0 spiro atoms. The molecule has 0 radical (unpaired) electrons. The van der Waals surface area contributed by atoms with Gasteiger partial charge < -0.3 is 14.5 Å². The molecule has 0 unspecified atom stereocenters. The molecule has 1 aliphatic rings. The Labute approximate surface area is 166 Å². The number of piperidine rings is 1. The van der Waals surface area contributed by atoms with Gasteiger partial charge in [-0.15, -0.1) is 0 Å². The molecule has 1 saturated heterocycles. The molecular weight excluding hydrogens is 372 g/mol. The van der Waals surface area contributed by atoms with Crippen molar-refractivity contribution in [3.8, 4) is 0 Å². The lowest BCUT2D eigenvalue weighted by Crippen LogP contribution is -2.41. The lowest BCUT2D eigenvalue weighted by atomic mass is 9.96. The van der Waals surface area contributed by atoms with Crippen LogP contribution in [0.2, 0.25) is 0 Å². The second-order valence-electron chi connectivity index (χ2n) is 7.19. The number of H-pyrrole nitrogens is 2. The highest BCUT2D eigenvalue weighted by molar-refractivity contribution is 5.78. The number of amides is 1. The largest absolute Gasteiger partial charge is 0.342 e. The summed E-state index contributed by atoms with van der Waals surface area (Å²) in [7, 11) is 0. The third-order valence-corrected chi connectivity index (χ3v) is 5.18. The van der Waals surface area contributed by atoms with Gasteiger partial charge in [0.1, 0.15) is 5.82 Å². The number of likely N-dealkylation sites (tertiary alicyclic amines) is 1. The molecule has 0 bridgehead atoms. The summed E-state index contributed by atoms with van der Waals surface area (Å²) in [6.45, 7) is 1.84. The summed E-state index contributed by atoms with van der Waals surface area (Å²) in [6, 6.07) is 5.82. The Balaban J connectivity index is 1.46. The van der Waals surface area contributed by atoms with E-state index in [0.717, 1.165) is 24.4 Å². The van der Waals surface area contributed by atoms with Crippen molar-refractivity contribution in [1.82, 2.24) is 29.4 Å². The van der Waals surface area contributed by atoms with Crippen molar-refractivity contribution in [2.75, 3.05) is 13.1 Å². The fourth-order valence-electron chi connectivity index (χ4n) is 3.74. The quantitative estimate of drug-likeness (QED) is 0.659. The van der Waals surface area contributed by atoms with Crippen LogP contribution in [0.25, 0.3) is 0 Å². The molecule has 9 nitrogen and oxygen atoms in total. The molecule has 3 aromatic heterocycles. The lowest BCUT2D eigenvalue weighted by Gasteiger charge is -2.32. The van der Waals surface area contributed by atoms with Crippen molar-refractivity contribution in [1.29, 1.82) is 0 Å². The average molecular weight is 394 g/mol. The number of carbonyl (C=O) groups excluding carboxylic acids is 1. The summed E-state index contributed by atoms with van der Waals surface area (Å²) in [5.74, 6) is 0.936. The Hall–Kier alpha value is -3.49. The van der Waals surface area contributed by atoms with Crippen molar-refractivity contribution < 1.29 is 4.79 Å². The molecule has 1 aliphatic heterocycles. The molecule has 0 saturated carbocycles. The first-order chi connectivity index (χ1) is 14.1. The van der Waals surface area contributed by atoms with E-state index in [2.05, 4.69) is 24.5 Å². The van der Waals surface area contributed by atoms with Crippen LogP contribution < -0.4 is 11.2 Å². The van der Waals surface area contributed by atoms with E-state index in [4.69, 9.17) is 0 Å². The number of nitrogens with one attached hydrogen (secondary N) is 2. The Morgan fingerprint density at radius 2 is 2.10 bits per heavy atom. The third-order valence-electron chi connectivity index (χ3n) is 5.18. The van der Waals surface area contributed by atoms with Crippen molar-refractivity contribution >= 4 is 5.91 Å². The first-order valence-corrected chi connectivity index (χ1v) is 9.60. The maximum Gasteiger partial charge on any atom is 0.325 e. The second-order valence-corrected chi connectivity index (χ2v) is 7.19. The number of aromatic amines is 2. The first-order valence-electron chi connectivity index (χ1n) is 9.60. The Morgan fingerprint density at radius 3 is 2.90 bits per heavy atom. The van der Waals surface area contributed by atoms with Crippen LogP contribution in [-0.2, 0) is 17.8 Å². The first kappa shape index (κ1) is 18.9. The van der Waals surface area contributed by atoms with Gasteiger partial charge in [-0.25, -0.2) is 9.78 Å². The van der Waals surface area contributed by atoms with Crippen LogP contribution in [0.5, 0.6) is 0 Å². The summed E-state index contributed by atoms with van der Waals surface area (Å²) in [4.78, 5) is 51.0. The Bertz CT molecular complexity index is 1100. The minimum Gasteiger partial charge on any atom is -0.342 e. The van der Waals surface area contributed by atoms with Crippen molar-refractivity contribution in [2.45, 2.75) is 31.7 Å². The second kappa shape index (κ2) is 8.26. The Kier molecular flexibility index (Phi) is 5.37. The zero-order valence-corrected chi connectivity index (χ0v) is 15.9. The molecule has 4 rings (SSSR count). The van der Waals surface area contributed by atoms with Gasteiger partial charge in [0.25, 0.3) is 5.56 Å². The van der Waals surface area contributed by atoms with E-state index < -0.39 is 11.2 Å². The molecule has 1 amide bonds. The van der Waals surface area contributed by atoms with Gasteiger partial charge in [-0.3, -0.25) is 19.6 Å². The highest BCUT2D eigenvalue weighted by Crippen LogP contribution is 2.26. The van der Waals surface area contributed by atoms with E-state index >= 15 is 0 Å². The van der Waals surface area contributed by atoms with Crippen molar-refractivity contribution in [2.24, 2.45) is 0 Å². The number of hydrogen-bond acceptors (Lipinski definition) is 5. The summed E-state index contributed by atoms with van der Waals surface area (Å²) >= 11 is 0. The standard InChI is InChI=1S/C20H22N6O3/c27-17(10-15-11-23-20(29)24-19(15)28)25-8-3-4-14(12-25)18-22-7-9-26(18)13-16-5-1-2-6-21-16/h1-2,5-7,9,11,14H,3-4,8,10,12-13H2,(H2,23,24,28,29)/t14-/m1/s1. The van der Waals surface area contributed by atoms with Crippen LogP contribution in [0.3, 0.4) is 0 Å². The van der Waals surface area contributed by atoms with Gasteiger partial charge in [-0.2, -0.15) is 0 Å². The minimum atomic E-state index is -0.580. The highest BCUT2D eigenvalue weighted by Gasteiger charge is 2.27. The molecular formula is C20H22N6O3. The molecule has 2 N–H and O–H groups in total. The zero-order valence-electron chi connectivity index (χ0n) is 15.9. The summed E-state index contributed by atoms with van der Waals surface area (Å²) in [5.41, 5.74) is 0.103. The van der Waals surface area contributed by atoms with Gasteiger partial charge in [0.05, 0.1) is 18.7 Å². The molecule has 9 heteroatoms. The molecule has 4 heterocycles. The van der Waals surface area contributed by atoms with E-state index in [0.29, 0.717) is 19.6 Å². The van der Waals surface area contributed by atoms with E-state index in [-0.39, 0.29) is 23.8 Å². The van der Waals surface area contributed by atoms with E-state index in [9.17, 15) is 14.4 Å². The van der Waals surface area contributed by atoms with E-state index in [1.807, 2.05) is 24.4 Å². The SMILES string of the molecule is O=C(Cc1c[nH]c(=O)[nH]c1=O)N1CCC[C@@H](c2nccn2Cc2ccccn2)C1. The number of pyridine rings is 1. The fraction of sp³-hybridized carbons (Fsp3) is 0.350. The molecule has 1 fully saturated rings. The monoisotopic (exact) mass is 394 g/mol. The summed E-state index contributed by atoms with van der Waals surface area (Å²) < 4.78 is 2.08. The molecule has 150 valence electrons. The average Bonchev–Trinajstić information content (AvgIpc) is 3.19. The number of imidazole rings is 1. The maximum atomic E-state index is 12.7. The normalized spacial score (nSPS) is 16.7. The highest BCUT2D eigenvalue weighted by atomic mass is 16.2. The van der Waals surface area contributed by atoms with Crippen LogP contribution in [0, 0.1) is 0 Å². The lowest BCUT2D eigenvalue weighted by molar-refractivity contribution is -0.131. The van der Waals surface area contributed by atoms with Crippen LogP contribution >= 0.6 is 0 Å². The number of aromatic nitrogens is 5. The third kappa shape index (κ3) is 4.34. The zero-order chi connectivity index (χ0) is 20.2. The smallest absolute Gasteiger partial charge is 0.325 e. The van der Waals surface area contributed by atoms with Gasteiger partial charge in [-0.1, -0.05) is 6.07 Å². The molecule has 0 aromatic carbocycles. The predicted octanol–water partition coefficient (Wildman–Crippen LogP) is 0.652. The molecule has 3 aromatic rings. The van der Waals surface area contributed by atoms with Crippen LogP contribution in [0.15, 0.2) is 52.6 Å². The maximum absolute atomic E-state index is 12.7. The molecule has 0 aliphatic carbocycles. The van der Waals surface area contributed by atoms with Gasteiger partial charge in [-0.05, 0) is 25.0 Å².